The molecule has 0 bridgehead atoms. The Morgan fingerprint density at radius 2 is 2.20 bits per heavy atom. The van der Waals surface area contributed by atoms with E-state index >= 15 is 0 Å². The summed E-state index contributed by atoms with van der Waals surface area (Å²) in [7, 11) is 4.23. The van der Waals surface area contributed by atoms with Crippen LogP contribution >= 0.6 is 0 Å². The van der Waals surface area contributed by atoms with Crippen molar-refractivity contribution >= 4 is 0 Å². The third-order valence-electron chi connectivity index (χ3n) is 3.16. The minimum atomic E-state index is 0.239. The fourth-order valence-corrected chi connectivity index (χ4v) is 2.71. The largest absolute Gasteiger partial charge is 0.318 e. The Kier molecular flexibility index (Phi) is 4.32. The Labute approximate surface area is 94.1 Å². The topological polar surface area (TPSA) is 18.5 Å². The van der Waals surface area contributed by atoms with Crippen molar-refractivity contribution < 1.29 is 0 Å². The average Bonchev–Trinajstić information content (AvgIpc) is 2.10. The quantitative estimate of drug-likeness (QED) is 0.694. The maximum absolute atomic E-state index is 3.86. The van der Waals surface area contributed by atoms with Crippen LogP contribution in [-0.2, 0) is 0 Å². The molecule has 1 saturated heterocycles. The van der Waals surface area contributed by atoms with Crippen LogP contribution in [0.5, 0.6) is 0 Å². The summed E-state index contributed by atoms with van der Waals surface area (Å²) < 4.78 is 0. The zero-order valence-electron chi connectivity index (χ0n) is 10.6. The van der Waals surface area contributed by atoms with E-state index in [9.17, 15) is 0 Å². The van der Waals surface area contributed by atoms with Gasteiger partial charge in [0.15, 0.2) is 0 Å². The molecule has 88 valence electrons. The first-order valence-corrected chi connectivity index (χ1v) is 5.72. The van der Waals surface area contributed by atoms with Gasteiger partial charge in [-0.15, -0.1) is 6.58 Å². The Hall–Kier alpha value is -0.380. The standard InChI is InChI=1S/C12H25N3/c1-6-7-15-11(8-13-4)9-14(5)10-12(15,2)3/h6,11,13H,1,7-10H2,2-5H3. The zero-order chi connectivity index (χ0) is 11.5. The molecule has 1 atom stereocenters. The van der Waals surface area contributed by atoms with E-state index in [4.69, 9.17) is 0 Å². The summed E-state index contributed by atoms with van der Waals surface area (Å²) in [4.78, 5) is 4.97. The van der Waals surface area contributed by atoms with Gasteiger partial charge in [-0.1, -0.05) is 6.08 Å². The molecule has 1 unspecified atom stereocenters. The number of piperazine rings is 1. The number of hydrogen-bond acceptors (Lipinski definition) is 3. The van der Waals surface area contributed by atoms with Crippen LogP contribution in [0.4, 0.5) is 0 Å². The van der Waals surface area contributed by atoms with Crippen LogP contribution in [0.15, 0.2) is 12.7 Å². The second-order valence-corrected chi connectivity index (χ2v) is 5.16. The molecule has 0 aromatic carbocycles. The molecule has 0 spiro atoms. The van der Waals surface area contributed by atoms with Gasteiger partial charge < -0.3 is 10.2 Å². The molecule has 0 radical (unpaired) electrons. The number of likely N-dealkylation sites (N-methyl/N-ethyl adjacent to an activating group) is 2. The summed E-state index contributed by atoms with van der Waals surface area (Å²) in [5.74, 6) is 0. The van der Waals surface area contributed by atoms with Gasteiger partial charge in [-0.25, -0.2) is 0 Å². The van der Waals surface area contributed by atoms with Crippen LogP contribution < -0.4 is 5.32 Å². The highest BCUT2D eigenvalue weighted by atomic mass is 15.3. The minimum absolute atomic E-state index is 0.239. The maximum atomic E-state index is 3.86. The SMILES string of the molecule is C=CCN1C(CNC)CN(C)CC1(C)C. The summed E-state index contributed by atoms with van der Waals surface area (Å²) in [6.45, 7) is 12.8. The predicted molar refractivity (Wildman–Crippen MR) is 66.2 cm³/mol. The smallest absolute Gasteiger partial charge is 0.0356 e. The van der Waals surface area contributed by atoms with Gasteiger partial charge in [-0.2, -0.15) is 0 Å². The lowest BCUT2D eigenvalue weighted by atomic mass is 9.95. The van der Waals surface area contributed by atoms with E-state index in [1.807, 2.05) is 13.1 Å². The fourth-order valence-electron chi connectivity index (χ4n) is 2.71. The van der Waals surface area contributed by atoms with Crippen LogP contribution in [-0.4, -0.2) is 61.7 Å². The molecule has 1 fully saturated rings. The van der Waals surface area contributed by atoms with Crippen molar-refractivity contribution in [3.63, 3.8) is 0 Å². The molecule has 1 aliphatic heterocycles. The third-order valence-corrected chi connectivity index (χ3v) is 3.16. The van der Waals surface area contributed by atoms with Crippen molar-refractivity contribution in [3.8, 4) is 0 Å². The lowest BCUT2D eigenvalue weighted by Crippen LogP contribution is -2.65. The second kappa shape index (κ2) is 5.10. The highest BCUT2D eigenvalue weighted by Gasteiger charge is 2.37. The van der Waals surface area contributed by atoms with Crippen LogP contribution in [0, 0.1) is 0 Å². The Balaban J connectivity index is 2.76. The summed E-state index contributed by atoms with van der Waals surface area (Å²) in [6, 6.07) is 0.585. The van der Waals surface area contributed by atoms with E-state index in [1.165, 1.54) is 0 Å². The molecule has 1 aliphatic rings. The Morgan fingerprint density at radius 1 is 1.53 bits per heavy atom. The second-order valence-electron chi connectivity index (χ2n) is 5.16. The molecule has 0 aromatic rings. The van der Waals surface area contributed by atoms with Crippen molar-refractivity contribution in [3.05, 3.63) is 12.7 Å². The van der Waals surface area contributed by atoms with E-state index in [0.29, 0.717) is 6.04 Å². The first-order valence-electron chi connectivity index (χ1n) is 5.72. The van der Waals surface area contributed by atoms with Gasteiger partial charge in [0, 0.05) is 37.8 Å². The van der Waals surface area contributed by atoms with E-state index in [2.05, 4.69) is 42.6 Å². The number of hydrogen-bond donors (Lipinski definition) is 1. The molecular formula is C12H25N3. The molecule has 0 saturated carbocycles. The number of nitrogens with zero attached hydrogens (tertiary/aromatic N) is 2. The highest BCUT2D eigenvalue weighted by molar-refractivity contribution is 4.97. The predicted octanol–water partition coefficient (Wildman–Crippen LogP) is 0.786. The van der Waals surface area contributed by atoms with Gasteiger partial charge in [-0.3, -0.25) is 4.90 Å². The summed E-state index contributed by atoms with van der Waals surface area (Å²) >= 11 is 0. The third kappa shape index (κ3) is 3.03. The van der Waals surface area contributed by atoms with E-state index in [-0.39, 0.29) is 5.54 Å². The van der Waals surface area contributed by atoms with Crippen LogP contribution in [0.2, 0.25) is 0 Å². The van der Waals surface area contributed by atoms with Crippen molar-refractivity contribution in [1.82, 2.24) is 15.1 Å². The maximum Gasteiger partial charge on any atom is 0.0356 e. The number of rotatable bonds is 4. The Bertz CT molecular complexity index is 213. The van der Waals surface area contributed by atoms with E-state index in [0.717, 1.165) is 26.2 Å². The van der Waals surface area contributed by atoms with E-state index < -0.39 is 0 Å². The molecule has 3 nitrogen and oxygen atoms in total. The normalized spacial score (nSPS) is 27.9. The summed E-state index contributed by atoms with van der Waals surface area (Å²) in [5, 5.41) is 3.28. The van der Waals surface area contributed by atoms with Crippen molar-refractivity contribution in [2.75, 3.05) is 40.3 Å². The lowest BCUT2D eigenvalue weighted by molar-refractivity contribution is -0.00568. The van der Waals surface area contributed by atoms with Crippen molar-refractivity contribution in [1.29, 1.82) is 0 Å². The van der Waals surface area contributed by atoms with Crippen molar-refractivity contribution in [2.24, 2.45) is 0 Å². The molecule has 3 heteroatoms. The first-order chi connectivity index (χ1) is 7.01. The molecule has 1 rings (SSSR count). The van der Waals surface area contributed by atoms with Gasteiger partial charge in [0.2, 0.25) is 0 Å². The number of nitrogens with one attached hydrogen (secondary N) is 1. The van der Waals surface area contributed by atoms with E-state index in [1.54, 1.807) is 0 Å². The van der Waals surface area contributed by atoms with Gasteiger partial charge in [0.1, 0.15) is 0 Å². The molecule has 0 aromatic heterocycles. The monoisotopic (exact) mass is 211 g/mol. The molecule has 15 heavy (non-hydrogen) atoms. The highest BCUT2D eigenvalue weighted by Crippen LogP contribution is 2.23. The molecule has 0 amide bonds. The Morgan fingerprint density at radius 3 is 2.73 bits per heavy atom. The lowest BCUT2D eigenvalue weighted by Gasteiger charge is -2.50. The average molecular weight is 211 g/mol. The first kappa shape index (κ1) is 12.7. The molecule has 0 aliphatic carbocycles. The van der Waals surface area contributed by atoms with Crippen LogP contribution in [0.3, 0.4) is 0 Å². The molecule has 1 heterocycles. The van der Waals surface area contributed by atoms with Crippen molar-refractivity contribution in [2.45, 2.75) is 25.4 Å². The molecular weight excluding hydrogens is 186 g/mol. The van der Waals surface area contributed by atoms with Crippen LogP contribution in [0.1, 0.15) is 13.8 Å². The minimum Gasteiger partial charge on any atom is -0.318 e. The zero-order valence-corrected chi connectivity index (χ0v) is 10.6. The fraction of sp³-hybridized carbons (Fsp3) is 0.833. The van der Waals surface area contributed by atoms with Gasteiger partial charge in [-0.05, 0) is 27.9 Å². The summed E-state index contributed by atoms with van der Waals surface area (Å²) in [5.41, 5.74) is 0.239. The van der Waals surface area contributed by atoms with Gasteiger partial charge >= 0.3 is 0 Å². The summed E-state index contributed by atoms with van der Waals surface area (Å²) in [6.07, 6.45) is 2.01. The van der Waals surface area contributed by atoms with Crippen LogP contribution in [0.25, 0.3) is 0 Å². The van der Waals surface area contributed by atoms with Gasteiger partial charge in [0.25, 0.3) is 0 Å². The van der Waals surface area contributed by atoms with Gasteiger partial charge in [0.05, 0.1) is 0 Å². The molecule has 1 N–H and O–H groups in total.